The summed E-state index contributed by atoms with van der Waals surface area (Å²) in [6.45, 7) is 0. The monoisotopic (exact) mass is 496 g/mol. The van der Waals surface area contributed by atoms with Crippen molar-refractivity contribution in [3.63, 3.8) is 0 Å². The van der Waals surface area contributed by atoms with Gasteiger partial charge in [-0.1, -0.05) is 0 Å². The Balaban J connectivity index is 1.85. The molecule has 0 aliphatic rings. The molecule has 3 nitrogen and oxygen atoms in total. The van der Waals surface area contributed by atoms with Gasteiger partial charge < -0.3 is 0 Å². The maximum atomic E-state index is 6.16. The minimum atomic E-state index is -3.86. The molecule has 0 aromatic heterocycles. The molecule has 0 aliphatic carbocycles. The van der Waals surface area contributed by atoms with Crippen molar-refractivity contribution in [2.24, 2.45) is 0 Å². The van der Waals surface area contributed by atoms with Gasteiger partial charge in [-0.25, -0.2) is 0 Å². The van der Waals surface area contributed by atoms with E-state index in [1.54, 1.807) is 0 Å². The Morgan fingerprint density at radius 2 is 0.739 bits per heavy atom. The molecule has 0 radical (unpaired) electrons. The third kappa shape index (κ3) is 5.08. The molecule has 5 heteroatoms. The maximum absolute atomic E-state index is 6.16. The fourth-order valence-corrected chi connectivity index (χ4v) is 9.85. The van der Waals surface area contributed by atoms with Crippen LogP contribution in [0.25, 0.3) is 0 Å². The van der Waals surface area contributed by atoms with Gasteiger partial charge in [0.25, 0.3) is 0 Å². The molecular weight excluding hydrogens is 482 g/mol. The third-order valence-corrected chi connectivity index (χ3v) is 10.4. The van der Waals surface area contributed by atoms with Crippen LogP contribution in [-0.4, -0.2) is 0 Å². The summed E-state index contributed by atoms with van der Waals surface area (Å²) >= 11 is -1.64. The van der Waals surface area contributed by atoms with Gasteiger partial charge in [0.05, 0.1) is 0 Å². The first-order chi connectivity index (χ1) is 11.2. The Labute approximate surface area is 151 Å². The molecule has 0 fully saturated rings. The van der Waals surface area contributed by atoms with Crippen LogP contribution in [0.4, 0.5) is 0 Å². The summed E-state index contributed by atoms with van der Waals surface area (Å²) in [6, 6.07) is 28.9. The van der Waals surface area contributed by atoms with E-state index in [4.69, 9.17) is 8.44 Å². The Bertz CT molecular complexity index is 622. The van der Waals surface area contributed by atoms with E-state index < -0.39 is 17.4 Å². The van der Waals surface area contributed by atoms with Gasteiger partial charge >= 0.3 is 152 Å². The number of hydrogen-bond donors (Lipinski definition) is 0. The zero-order valence-corrected chi connectivity index (χ0v) is 16.9. The van der Waals surface area contributed by atoms with Gasteiger partial charge in [0, 0.05) is 0 Å². The van der Waals surface area contributed by atoms with Crippen LogP contribution < -0.4 is 8.44 Å². The van der Waals surface area contributed by atoms with Crippen molar-refractivity contribution >= 4 is 18.0 Å². The van der Waals surface area contributed by atoms with Gasteiger partial charge in [0.15, 0.2) is 0 Å². The molecule has 116 valence electrons. The van der Waals surface area contributed by atoms with E-state index in [2.05, 4.69) is 18.0 Å². The Morgan fingerprint density at radius 3 is 1.00 bits per heavy atom. The number of hydrogen-bond acceptors (Lipinski definition) is 3. The summed E-state index contributed by atoms with van der Waals surface area (Å²) < 4.78 is 18.5. The van der Waals surface area contributed by atoms with E-state index in [1.165, 1.54) is 0 Å². The van der Waals surface area contributed by atoms with Crippen LogP contribution in [-0.2, 0) is 17.4 Å². The number of halogens is 1. The molecule has 0 bridgehead atoms. The number of benzene rings is 3. The molecule has 0 spiro atoms. The number of rotatable bonds is 6. The molecule has 3 rings (SSSR count). The molecule has 0 saturated carbocycles. The molecule has 0 heterocycles. The molecule has 0 unspecified atom stereocenters. The normalized spacial score (nSPS) is 10.8. The topological polar surface area (TPSA) is 27.7 Å². The SMILES string of the molecule is [I][Zr]([O]c1ccccc1)([O]c1ccccc1)[O]c1ccccc1. The first-order valence-electron chi connectivity index (χ1n) is 7.15. The van der Waals surface area contributed by atoms with Crippen molar-refractivity contribution in [1.29, 1.82) is 0 Å². The van der Waals surface area contributed by atoms with Crippen molar-refractivity contribution in [3.8, 4) is 17.2 Å². The fraction of sp³-hybridized carbons (Fsp3) is 0. The molecular formula is C18H15IO3Zr. The summed E-state index contributed by atoms with van der Waals surface area (Å²) in [6.07, 6.45) is 0. The summed E-state index contributed by atoms with van der Waals surface area (Å²) in [5.41, 5.74) is 0. The summed E-state index contributed by atoms with van der Waals surface area (Å²) in [4.78, 5) is 0. The van der Waals surface area contributed by atoms with Gasteiger partial charge in [0.1, 0.15) is 0 Å². The van der Waals surface area contributed by atoms with Crippen LogP contribution >= 0.6 is 18.0 Å². The van der Waals surface area contributed by atoms with Crippen LogP contribution in [0.5, 0.6) is 17.2 Å². The Morgan fingerprint density at radius 1 is 0.478 bits per heavy atom. The Kier molecular flexibility index (Phi) is 5.73. The standard InChI is InChI=1S/3C6H6O.HI.Zr/c3*7-6-4-2-1-3-5-6;;/h3*1-5,7H;1H;/q;;;;+4/p-4. The zero-order valence-electron chi connectivity index (χ0n) is 12.3. The van der Waals surface area contributed by atoms with Crippen molar-refractivity contribution in [2.75, 3.05) is 0 Å². The van der Waals surface area contributed by atoms with Gasteiger partial charge in [-0.3, -0.25) is 0 Å². The third-order valence-electron chi connectivity index (χ3n) is 2.95. The minimum absolute atomic E-state index is 0.754. The van der Waals surface area contributed by atoms with E-state index in [-0.39, 0.29) is 0 Å². The number of para-hydroxylation sites is 3. The predicted octanol–water partition coefficient (Wildman–Crippen LogP) is 5.47. The van der Waals surface area contributed by atoms with Gasteiger partial charge in [-0.2, -0.15) is 0 Å². The Hall–Kier alpha value is -1.33. The van der Waals surface area contributed by atoms with Crippen molar-refractivity contribution < 1.29 is 25.8 Å². The second kappa shape index (κ2) is 7.98. The van der Waals surface area contributed by atoms with Crippen molar-refractivity contribution in [3.05, 3.63) is 91.0 Å². The fourth-order valence-electron chi connectivity index (χ4n) is 1.95. The molecule has 0 amide bonds. The quantitative estimate of drug-likeness (QED) is 0.423. The van der Waals surface area contributed by atoms with Crippen molar-refractivity contribution in [1.82, 2.24) is 0 Å². The van der Waals surface area contributed by atoms with Crippen LogP contribution in [0.2, 0.25) is 0 Å². The second-order valence-electron chi connectivity index (χ2n) is 4.73. The average molecular weight is 497 g/mol. The van der Waals surface area contributed by atoms with Crippen LogP contribution in [0, 0.1) is 0 Å². The van der Waals surface area contributed by atoms with Crippen LogP contribution in [0.1, 0.15) is 0 Å². The molecule has 3 aromatic rings. The van der Waals surface area contributed by atoms with Gasteiger partial charge in [-0.05, 0) is 0 Å². The van der Waals surface area contributed by atoms with Crippen LogP contribution in [0.15, 0.2) is 91.0 Å². The second-order valence-corrected chi connectivity index (χ2v) is 16.4. The zero-order chi connectivity index (χ0) is 16.0. The van der Waals surface area contributed by atoms with E-state index in [9.17, 15) is 0 Å². The summed E-state index contributed by atoms with van der Waals surface area (Å²) in [5, 5.41) is 0. The molecule has 3 aromatic carbocycles. The first kappa shape index (κ1) is 16.5. The summed E-state index contributed by atoms with van der Waals surface area (Å²) in [7, 11) is 0. The molecule has 0 atom stereocenters. The van der Waals surface area contributed by atoms with E-state index in [0.717, 1.165) is 17.2 Å². The molecule has 0 N–H and O–H groups in total. The van der Waals surface area contributed by atoms with Crippen LogP contribution in [0.3, 0.4) is 0 Å². The molecule has 0 aliphatic heterocycles. The molecule has 0 saturated heterocycles. The first-order valence-corrected chi connectivity index (χ1v) is 17.5. The average Bonchev–Trinajstić information content (AvgIpc) is 2.57. The molecule has 23 heavy (non-hydrogen) atoms. The predicted molar refractivity (Wildman–Crippen MR) is 95.2 cm³/mol. The van der Waals surface area contributed by atoms with Gasteiger partial charge in [-0.15, -0.1) is 0 Å². The van der Waals surface area contributed by atoms with Crippen molar-refractivity contribution in [2.45, 2.75) is 0 Å². The van der Waals surface area contributed by atoms with E-state index >= 15 is 0 Å². The van der Waals surface area contributed by atoms with E-state index in [0.29, 0.717) is 0 Å². The van der Waals surface area contributed by atoms with Gasteiger partial charge in [0.2, 0.25) is 0 Å². The van der Waals surface area contributed by atoms with E-state index in [1.807, 2.05) is 91.0 Å². The summed E-state index contributed by atoms with van der Waals surface area (Å²) in [5.74, 6) is 2.26.